The topological polar surface area (TPSA) is 41.1 Å². The summed E-state index contributed by atoms with van der Waals surface area (Å²) in [5.41, 5.74) is 0.922. The molecule has 0 bridgehead atoms. The van der Waals surface area contributed by atoms with Crippen molar-refractivity contribution >= 4 is 23.2 Å². The molecule has 24 heavy (non-hydrogen) atoms. The van der Waals surface area contributed by atoms with Gasteiger partial charge in [-0.05, 0) is 41.8 Å². The lowest BCUT2D eigenvalue weighted by atomic mass is 9.96. The minimum Gasteiger partial charge on any atom is -0.322 e. The predicted molar refractivity (Wildman–Crippen MR) is 92.0 cm³/mol. The summed E-state index contributed by atoms with van der Waals surface area (Å²) < 4.78 is 26.7. The number of hydrogen-bond acceptors (Lipinski definition) is 2. The van der Waals surface area contributed by atoms with Gasteiger partial charge in [0.05, 0.1) is 12.2 Å². The third-order valence-corrected chi connectivity index (χ3v) is 3.82. The van der Waals surface area contributed by atoms with E-state index >= 15 is 0 Å². The maximum Gasteiger partial charge on any atom is 0.238 e. The Labute approximate surface area is 145 Å². The molecule has 2 N–H and O–H groups in total. The summed E-state index contributed by atoms with van der Waals surface area (Å²) in [5.74, 6) is -1.06. The van der Waals surface area contributed by atoms with E-state index in [9.17, 15) is 13.6 Å². The minimum absolute atomic E-state index is 0.00776. The van der Waals surface area contributed by atoms with Gasteiger partial charge in [0.1, 0.15) is 11.6 Å². The molecule has 1 atom stereocenters. The van der Waals surface area contributed by atoms with Crippen LogP contribution in [0.1, 0.15) is 25.5 Å². The molecule has 128 valence electrons. The van der Waals surface area contributed by atoms with E-state index < -0.39 is 5.82 Å². The summed E-state index contributed by atoms with van der Waals surface area (Å²) >= 11 is 5.80. The summed E-state index contributed by atoms with van der Waals surface area (Å²) in [4.78, 5) is 12.0. The van der Waals surface area contributed by atoms with Gasteiger partial charge in [0.25, 0.3) is 0 Å². The highest BCUT2D eigenvalue weighted by atomic mass is 35.5. The summed E-state index contributed by atoms with van der Waals surface area (Å²) in [7, 11) is 0. The van der Waals surface area contributed by atoms with Crippen molar-refractivity contribution in [2.24, 2.45) is 5.92 Å². The fourth-order valence-corrected chi connectivity index (χ4v) is 2.57. The highest BCUT2D eigenvalue weighted by Gasteiger charge is 2.17. The average molecular weight is 353 g/mol. The van der Waals surface area contributed by atoms with E-state index in [4.69, 9.17) is 11.6 Å². The van der Waals surface area contributed by atoms with E-state index in [1.165, 1.54) is 30.3 Å². The number of rotatable bonds is 6. The Balaban J connectivity index is 2.00. The number of halogens is 3. The van der Waals surface area contributed by atoms with Gasteiger partial charge in [-0.2, -0.15) is 0 Å². The van der Waals surface area contributed by atoms with Crippen LogP contribution in [0.3, 0.4) is 0 Å². The standard InChI is InChI=1S/C18H19ClF2N2O/c1-11(2)18(12-3-6-14(20)7-4-12)22-10-17(24)23-16-9-13(19)5-8-15(16)21/h3-9,11,18,22H,10H2,1-2H3,(H,23,24)/t18-/m0/s1. The van der Waals surface area contributed by atoms with Gasteiger partial charge in [0.15, 0.2) is 0 Å². The van der Waals surface area contributed by atoms with Crippen LogP contribution in [0.5, 0.6) is 0 Å². The Morgan fingerprint density at radius 1 is 1.12 bits per heavy atom. The highest BCUT2D eigenvalue weighted by Crippen LogP contribution is 2.22. The zero-order chi connectivity index (χ0) is 17.7. The largest absolute Gasteiger partial charge is 0.322 e. The van der Waals surface area contributed by atoms with Crippen molar-refractivity contribution in [2.45, 2.75) is 19.9 Å². The first-order chi connectivity index (χ1) is 11.4. The second-order valence-corrected chi connectivity index (χ2v) is 6.26. The van der Waals surface area contributed by atoms with Crippen molar-refractivity contribution in [3.8, 4) is 0 Å². The van der Waals surface area contributed by atoms with Gasteiger partial charge in [-0.1, -0.05) is 37.6 Å². The quantitative estimate of drug-likeness (QED) is 0.801. The molecule has 0 saturated heterocycles. The van der Waals surface area contributed by atoms with E-state index in [2.05, 4.69) is 10.6 Å². The third-order valence-electron chi connectivity index (χ3n) is 3.58. The predicted octanol–water partition coefficient (Wildman–Crippen LogP) is 4.54. The molecule has 1 amide bonds. The zero-order valence-corrected chi connectivity index (χ0v) is 14.2. The van der Waals surface area contributed by atoms with Crippen LogP contribution in [-0.2, 0) is 4.79 Å². The molecule has 0 radical (unpaired) electrons. The van der Waals surface area contributed by atoms with Crippen LogP contribution in [-0.4, -0.2) is 12.5 Å². The second kappa shape index (κ2) is 8.22. The molecule has 3 nitrogen and oxygen atoms in total. The Morgan fingerprint density at radius 2 is 1.79 bits per heavy atom. The van der Waals surface area contributed by atoms with Gasteiger partial charge >= 0.3 is 0 Å². The molecule has 0 unspecified atom stereocenters. The lowest BCUT2D eigenvalue weighted by molar-refractivity contribution is -0.115. The molecule has 0 aliphatic heterocycles. The van der Waals surface area contributed by atoms with Gasteiger partial charge in [0, 0.05) is 11.1 Å². The highest BCUT2D eigenvalue weighted by molar-refractivity contribution is 6.30. The number of hydrogen-bond donors (Lipinski definition) is 2. The second-order valence-electron chi connectivity index (χ2n) is 5.83. The van der Waals surface area contributed by atoms with Crippen molar-refractivity contribution in [1.29, 1.82) is 0 Å². The lowest BCUT2D eigenvalue weighted by Crippen LogP contribution is -2.33. The van der Waals surface area contributed by atoms with Crippen molar-refractivity contribution < 1.29 is 13.6 Å². The van der Waals surface area contributed by atoms with Crippen LogP contribution in [0.25, 0.3) is 0 Å². The molecule has 2 aromatic rings. The van der Waals surface area contributed by atoms with Gasteiger partial charge in [-0.15, -0.1) is 0 Å². The lowest BCUT2D eigenvalue weighted by Gasteiger charge is -2.23. The van der Waals surface area contributed by atoms with Gasteiger partial charge in [-0.25, -0.2) is 8.78 Å². The number of carbonyl (C=O) groups excluding carboxylic acids is 1. The Morgan fingerprint density at radius 3 is 2.42 bits per heavy atom. The molecule has 0 spiro atoms. The first-order valence-electron chi connectivity index (χ1n) is 7.60. The van der Waals surface area contributed by atoms with E-state index in [0.717, 1.165) is 5.56 Å². The van der Waals surface area contributed by atoms with Crippen molar-refractivity contribution in [1.82, 2.24) is 5.32 Å². The number of benzene rings is 2. The van der Waals surface area contributed by atoms with Crippen LogP contribution >= 0.6 is 11.6 Å². The van der Waals surface area contributed by atoms with Crippen LogP contribution in [0.2, 0.25) is 5.02 Å². The maximum absolute atomic E-state index is 13.6. The molecule has 2 rings (SSSR count). The number of anilines is 1. The summed E-state index contributed by atoms with van der Waals surface area (Å²) in [5, 5.41) is 5.94. The summed E-state index contributed by atoms with van der Waals surface area (Å²) in [6.07, 6.45) is 0. The van der Waals surface area contributed by atoms with Crippen LogP contribution in [0, 0.1) is 17.6 Å². The van der Waals surface area contributed by atoms with Crippen LogP contribution in [0.15, 0.2) is 42.5 Å². The van der Waals surface area contributed by atoms with Crippen LogP contribution < -0.4 is 10.6 Å². The number of amides is 1. The molecule has 0 aliphatic rings. The smallest absolute Gasteiger partial charge is 0.238 e. The summed E-state index contributed by atoms with van der Waals surface area (Å²) in [6, 6.07) is 9.97. The average Bonchev–Trinajstić information content (AvgIpc) is 2.52. The molecule has 0 saturated carbocycles. The molecular formula is C18H19ClF2N2O. The SMILES string of the molecule is CC(C)[C@H](NCC(=O)Nc1cc(Cl)ccc1F)c1ccc(F)cc1. The van der Waals surface area contributed by atoms with Gasteiger partial charge < -0.3 is 10.6 Å². The normalized spacial score (nSPS) is 12.2. The monoisotopic (exact) mass is 352 g/mol. The van der Waals surface area contributed by atoms with E-state index in [1.807, 2.05) is 13.8 Å². The minimum atomic E-state index is -0.549. The Hall–Kier alpha value is -1.98. The molecule has 6 heteroatoms. The molecule has 0 aliphatic carbocycles. The van der Waals surface area contributed by atoms with E-state index in [-0.39, 0.29) is 35.9 Å². The Kier molecular flexibility index (Phi) is 6.29. The molecular weight excluding hydrogens is 334 g/mol. The van der Waals surface area contributed by atoms with E-state index in [0.29, 0.717) is 5.02 Å². The molecule has 2 aromatic carbocycles. The Bertz CT molecular complexity index is 705. The first kappa shape index (κ1) is 18.4. The molecule has 0 fully saturated rings. The van der Waals surface area contributed by atoms with Crippen molar-refractivity contribution in [3.63, 3.8) is 0 Å². The van der Waals surface area contributed by atoms with Crippen molar-refractivity contribution in [3.05, 3.63) is 64.7 Å². The number of nitrogens with one attached hydrogen (secondary N) is 2. The summed E-state index contributed by atoms with van der Waals surface area (Å²) in [6.45, 7) is 3.98. The van der Waals surface area contributed by atoms with Gasteiger partial charge in [0.2, 0.25) is 5.91 Å². The maximum atomic E-state index is 13.6. The van der Waals surface area contributed by atoms with E-state index in [1.54, 1.807) is 12.1 Å². The van der Waals surface area contributed by atoms with Crippen molar-refractivity contribution in [2.75, 3.05) is 11.9 Å². The molecule has 0 aromatic heterocycles. The fraction of sp³-hybridized carbons (Fsp3) is 0.278. The molecule has 0 heterocycles. The third kappa shape index (κ3) is 5.01. The van der Waals surface area contributed by atoms with Gasteiger partial charge in [-0.3, -0.25) is 4.79 Å². The van der Waals surface area contributed by atoms with Crippen LogP contribution in [0.4, 0.5) is 14.5 Å². The first-order valence-corrected chi connectivity index (χ1v) is 7.98. The number of carbonyl (C=O) groups is 1. The zero-order valence-electron chi connectivity index (χ0n) is 13.4. The fourth-order valence-electron chi connectivity index (χ4n) is 2.40.